The summed E-state index contributed by atoms with van der Waals surface area (Å²) in [5, 5.41) is 0. The summed E-state index contributed by atoms with van der Waals surface area (Å²) in [4.78, 5) is 11.6. The Hall–Kier alpha value is -2.39. The minimum Gasteiger partial charge on any atom is -0.424 e. The Labute approximate surface area is 143 Å². The molecule has 24 heavy (non-hydrogen) atoms. The minimum absolute atomic E-state index is 0.373. The van der Waals surface area contributed by atoms with Gasteiger partial charge in [0.2, 0.25) is 0 Å². The molecule has 0 N–H and O–H groups in total. The van der Waals surface area contributed by atoms with Gasteiger partial charge >= 0.3 is 6.16 Å². The first kappa shape index (κ1) is 16.5. The van der Waals surface area contributed by atoms with Crippen LogP contribution in [0, 0.1) is 29.1 Å². The molecule has 1 aliphatic heterocycles. The fraction of sp³-hybridized carbons (Fsp3) is 0.476. The highest BCUT2D eigenvalue weighted by Gasteiger charge is 2.46. The Morgan fingerprint density at radius 3 is 2.71 bits per heavy atom. The van der Waals surface area contributed by atoms with E-state index in [0.29, 0.717) is 0 Å². The van der Waals surface area contributed by atoms with Gasteiger partial charge in [-0.1, -0.05) is 35.8 Å². The third kappa shape index (κ3) is 3.41. The summed E-state index contributed by atoms with van der Waals surface area (Å²) in [5.41, 5.74) is 1.85. The van der Waals surface area contributed by atoms with E-state index in [1.807, 2.05) is 39.8 Å². The van der Waals surface area contributed by atoms with Crippen LogP contribution in [0.25, 0.3) is 0 Å². The van der Waals surface area contributed by atoms with Crippen LogP contribution >= 0.6 is 0 Å². The van der Waals surface area contributed by atoms with Crippen LogP contribution in [-0.2, 0) is 9.47 Å². The van der Waals surface area contributed by atoms with Gasteiger partial charge in [0.1, 0.15) is 0 Å². The third-order valence-electron chi connectivity index (χ3n) is 4.32. The lowest BCUT2D eigenvalue weighted by molar-refractivity contribution is 0.0751. The Morgan fingerprint density at radius 2 is 2.00 bits per heavy atom. The molecule has 0 saturated carbocycles. The van der Waals surface area contributed by atoms with E-state index in [9.17, 15) is 4.79 Å². The van der Waals surface area contributed by atoms with Gasteiger partial charge in [0, 0.05) is 16.6 Å². The number of ether oxygens (including phenoxy) is 2. The average molecular weight is 322 g/mol. The van der Waals surface area contributed by atoms with Crippen molar-refractivity contribution in [3.05, 3.63) is 34.9 Å². The van der Waals surface area contributed by atoms with Crippen LogP contribution in [0.2, 0.25) is 0 Å². The van der Waals surface area contributed by atoms with Gasteiger partial charge in [0.05, 0.1) is 0 Å². The second kappa shape index (κ2) is 5.91. The molecule has 3 heteroatoms. The fourth-order valence-corrected chi connectivity index (χ4v) is 3.11. The van der Waals surface area contributed by atoms with Crippen molar-refractivity contribution >= 4 is 6.16 Å². The van der Waals surface area contributed by atoms with E-state index in [0.717, 1.165) is 30.4 Å². The van der Waals surface area contributed by atoms with E-state index < -0.39 is 17.9 Å². The highest BCUT2D eigenvalue weighted by atomic mass is 16.8. The lowest BCUT2D eigenvalue weighted by Crippen LogP contribution is -2.34. The van der Waals surface area contributed by atoms with Crippen LogP contribution in [0.5, 0.6) is 0 Å². The molecule has 124 valence electrons. The maximum absolute atomic E-state index is 11.6. The molecule has 0 bridgehead atoms. The number of allylic oxidation sites excluding steroid dienone is 5. The second-order valence-corrected chi connectivity index (χ2v) is 7.47. The van der Waals surface area contributed by atoms with Crippen molar-refractivity contribution in [2.75, 3.05) is 0 Å². The van der Waals surface area contributed by atoms with Gasteiger partial charge in [-0.05, 0) is 58.6 Å². The van der Waals surface area contributed by atoms with Crippen LogP contribution in [-0.4, -0.2) is 17.9 Å². The molecule has 2 aliphatic carbocycles. The van der Waals surface area contributed by atoms with Gasteiger partial charge < -0.3 is 9.47 Å². The molecule has 3 nitrogen and oxygen atoms in total. The van der Waals surface area contributed by atoms with Crippen LogP contribution in [0.15, 0.2) is 34.9 Å². The maximum Gasteiger partial charge on any atom is 0.509 e. The molecule has 3 rings (SSSR count). The number of fused-ring (bicyclic) bond motifs is 1. The topological polar surface area (TPSA) is 35.5 Å². The second-order valence-electron chi connectivity index (χ2n) is 7.47. The molecule has 0 aromatic carbocycles. The molecule has 3 aliphatic rings. The van der Waals surface area contributed by atoms with Crippen molar-refractivity contribution in [1.29, 1.82) is 0 Å². The number of hydrogen-bond donors (Lipinski definition) is 0. The molecule has 1 heterocycles. The van der Waals surface area contributed by atoms with Crippen molar-refractivity contribution in [2.45, 2.75) is 58.7 Å². The summed E-state index contributed by atoms with van der Waals surface area (Å²) in [6.07, 6.45) is 8.14. The van der Waals surface area contributed by atoms with E-state index in [2.05, 4.69) is 29.8 Å². The normalized spacial score (nSPS) is 31.1. The molecule has 0 aromatic rings. The van der Waals surface area contributed by atoms with Crippen molar-refractivity contribution < 1.29 is 14.3 Å². The Kier molecular flexibility index (Phi) is 4.06. The largest absolute Gasteiger partial charge is 0.509 e. The molecule has 1 atom stereocenters. The first-order valence-electron chi connectivity index (χ1n) is 8.33. The van der Waals surface area contributed by atoms with Gasteiger partial charge in [0.15, 0.2) is 11.7 Å². The monoisotopic (exact) mass is 322 g/mol. The summed E-state index contributed by atoms with van der Waals surface area (Å²) in [6.45, 7) is 7.75. The lowest BCUT2D eigenvalue weighted by atomic mass is 9.85. The van der Waals surface area contributed by atoms with Gasteiger partial charge in [-0.2, -0.15) is 0 Å². The van der Waals surface area contributed by atoms with Crippen LogP contribution in [0.3, 0.4) is 0 Å². The predicted octanol–water partition coefficient (Wildman–Crippen LogP) is 4.31. The molecule has 1 fully saturated rings. The number of hydrogen-bond acceptors (Lipinski definition) is 3. The summed E-state index contributed by atoms with van der Waals surface area (Å²) in [7, 11) is 0. The molecular formula is C21H22O3. The smallest absolute Gasteiger partial charge is 0.424 e. The molecule has 0 radical (unpaired) electrons. The summed E-state index contributed by atoms with van der Waals surface area (Å²) < 4.78 is 10.7. The quantitative estimate of drug-likeness (QED) is 0.533. The van der Waals surface area contributed by atoms with E-state index in [1.165, 1.54) is 5.57 Å². The summed E-state index contributed by atoms with van der Waals surface area (Å²) >= 11 is 0. The first-order chi connectivity index (χ1) is 11.3. The van der Waals surface area contributed by atoms with Gasteiger partial charge in [-0.3, -0.25) is 0 Å². The van der Waals surface area contributed by atoms with E-state index in [4.69, 9.17) is 9.47 Å². The van der Waals surface area contributed by atoms with Crippen LogP contribution in [0.1, 0.15) is 47.0 Å². The van der Waals surface area contributed by atoms with E-state index >= 15 is 0 Å². The van der Waals surface area contributed by atoms with Gasteiger partial charge in [0.25, 0.3) is 0 Å². The van der Waals surface area contributed by atoms with E-state index in [1.54, 1.807) is 0 Å². The zero-order valence-corrected chi connectivity index (χ0v) is 14.7. The van der Waals surface area contributed by atoms with E-state index in [-0.39, 0.29) is 5.41 Å². The number of carbonyl (C=O) groups excluding carboxylic acids is 1. The lowest BCUT2D eigenvalue weighted by Gasteiger charge is -2.24. The molecule has 1 unspecified atom stereocenters. The molecule has 0 aromatic heterocycles. The molecule has 0 amide bonds. The Balaban J connectivity index is 2.08. The number of rotatable bonds is 1. The standard InChI is InChI=1S/C21H22O3/c1-20(2)13-7-10-15-8-5-6-9-16(15)11-12-17(14-20)18-21(3,4)24-19(22)23-18/h9-10,14,18H,5-6,8H2,1-4H3/b15-10-,17-14+. The molecule has 0 spiro atoms. The minimum atomic E-state index is -0.745. The zero-order valence-electron chi connectivity index (χ0n) is 14.7. The zero-order chi connectivity index (χ0) is 17.4. The third-order valence-corrected chi connectivity index (χ3v) is 4.32. The highest BCUT2D eigenvalue weighted by Crippen LogP contribution is 2.34. The number of carbonyl (C=O) groups is 1. The van der Waals surface area contributed by atoms with Gasteiger partial charge in [-0.25, -0.2) is 4.79 Å². The first-order valence-corrected chi connectivity index (χ1v) is 8.33. The Morgan fingerprint density at radius 1 is 1.21 bits per heavy atom. The number of cyclic esters (lactones) is 2. The SMILES string of the molecule is CC1(C)C#C/C=C2/CCCC=C2C#C/C(C2OC(=O)OC2(C)C)=C\1. The molecular weight excluding hydrogens is 300 g/mol. The fourth-order valence-electron chi connectivity index (χ4n) is 3.11. The van der Waals surface area contributed by atoms with Crippen molar-refractivity contribution in [2.24, 2.45) is 5.41 Å². The van der Waals surface area contributed by atoms with Crippen molar-refractivity contribution in [1.82, 2.24) is 0 Å². The highest BCUT2D eigenvalue weighted by molar-refractivity contribution is 5.65. The Bertz CT molecular complexity index is 782. The van der Waals surface area contributed by atoms with Gasteiger partial charge in [-0.15, -0.1) is 0 Å². The average Bonchev–Trinajstić information content (AvgIpc) is 2.77. The predicted molar refractivity (Wildman–Crippen MR) is 92.9 cm³/mol. The van der Waals surface area contributed by atoms with Crippen LogP contribution < -0.4 is 0 Å². The van der Waals surface area contributed by atoms with Crippen molar-refractivity contribution in [3.8, 4) is 23.7 Å². The molecule has 1 saturated heterocycles. The summed E-state index contributed by atoms with van der Waals surface area (Å²) in [6, 6.07) is 0. The van der Waals surface area contributed by atoms with Crippen molar-refractivity contribution in [3.63, 3.8) is 0 Å². The maximum atomic E-state index is 11.6. The summed E-state index contributed by atoms with van der Waals surface area (Å²) in [5.74, 6) is 13.0. The van der Waals surface area contributed by atoms with Crippen LogP contribution in [0.4, 0.5) is 4.79 Å².